The van der Waals surface area contributed by atoms with Crippen LogP contribution in [-0.4, -0.2) is 68.7 Å². The molecule has 0 aliphatic carbocycles. The molecule has 1 N–H and O–H groups in total. The molecule has 1 saturated heterocycles. The van der Waals surface area contributed by atoms with E-state index in [1.54, 1.807) is 6.20 Å². The Kier molecular flexibility index (Phi) is 7.86. The number of aromatic nitrogens is 1. The highest BCUT2D eigenvalue weighted by molar-refractivity contribution is 7.89. The van der Waals surface area contributed by atoms with Crippen molar-refractivity contribution in [2.45, 2.75) is 20.3 Å². The molecule has 1 fully saturated rings. The highest BCUT2D eigenvalue weighted by Crippen LogP contribution is 2.22. The lowest BCUT2D eigenvalue weighted by Crippen LogP contribution is -2.50. The summed E-state index contributed by atoms with van der Waals surface area (Å²) in [4.78, 5) is 18.4. The van der Waals surface area contributed by atoms with Crippen molar-refractivity contribution in [3.8, 4) is 5.75 Å². The second-order valence-electron chi connectivity index (χ2n) is 7.56. The van der Waals surface area contributed by atoms with E-state index in [1.807, 2.05) is 50.2 Å². The summed E-state index contributed by atoms with van der Waals surface area (Å²) in [5, 5.41) is 2.68. The van der Waals surface area contributed by atoms with Crippen molar-refractivity contribution in [1.82, 2.24) is 14.6 Å². The molecule has 8 nitrogen and oxygen atoms in total. The van der Waals surface area contributed by atoms with Gasteiger partial charge in [0.25, 0.3) is 0 Å². The normalized spacial score (nSPS) is 15.0. The van der Waals surface area contributed by atoms with Crippen molar-refractivity contribution in [2.24, 2.45) is 0 Å². The molecular weight excluding hydrogens is 416 g/mol. The number of amides is 1. The third-order valence-electron chi connectivity index (χ3n) is 5.27. The molecule has 1 aliphatic rings. The largest absolute Gasteiger partial charge is 0.493 e. The van der Waals surface area contributed by atoms with E-state index >= 15 is 0 Å². The van der Waals surface area contributed by atoms with Gasteiger partial charge in [0.15, 0.2) is 0 Å². The number of para-hydroxylation sites is 1. The molecule has 1 aliphatic heterocycles. The third kappa shape index (κ3) is 6.41. The first-order chi connectivity index (χ1) is 14.9. The van der Waals surface area contributed by atoms with E-state index in [0.29, 0.717) is 26.2 Å². The topological polar surface area (TPSA) is 91.8 Å². The standard InChI is InChI=1S/C22H30N4O4S/c1-18-6-5-7-19(2)22(18)30-16-9-21(27)24-11-17-31(28,29)26-14-12-25(13-15-26)20-8-3-4-10-23-20/h3-8,10H,9,11-17H2,1-2H3,(H,24,27). The van der Waals surface area contributed by atoms with Crippen molar-refractivity contribution < 1.29 is 17.9 Å². The molecule has 0 unspecified atom stereocenters. The van der Waals surface area contributed by atoms with Crippen LogP contribution in [0.1, 0.15) is 17.5 Å². The quantitative estimate of drug-likeness (QED) is 0.631. The van der Waals surface area contributed by atoms with E-state index in [9.17, 15) is 13.2 Å². The number of ether oxygens (including phenoxy) is 1. The van der Waals surface area contributed by atoms with Gasteiger partial charge >= 0.3 is 0 Å². The number of nitrogens with zero attached hydrogens (tertiary/aromatic N) is 3. The zero-order chi connectivity index (χ0) is 22.3. The number of carbonyl (C=O) groups is 1. The summed E-state index contributed by atoms with van der Waals surface area (Å²) in [6.45, 7) is 6.28. The van der Waals surface area contributed by atoms with E-state index in [0.717, 1.165) is 22.7 Å². The van der Waals surface area contributed by atoms with Crippen LogP contribution in [0.25, 0.3) is 0 Å². The van der Waals surface area contributed by atoms with Crippen LogP contribution in [0.15, 0.2) is 42.6 Å². The number of nitrogens with one attached hydrogen (secondary N) is 1. The summed E-state index contributed by atoms with van der Waals surface area (Å²) in [5.74, 6) is 1.32. The Balaban J connectivity index is 1.37. The predicted molar refractivity (Wildman–Crippen MR) is 121 cm³/mol. The van der Waals surface area contributed by atoms with Crippen LogP contribution < -0.4 is 15.0 Å². The summed E-state index contributed by atoms with van der Waals surface area (Å²) < 4.78 is 32.4. The number of carbonyl (C=O) groups excluding carboxylic acids is 1. The first-order valence-corrected chi connectivity index (χ1v) is 12.1. The first kappa shape index (κ1) is 23.0. The second-order valence-corrected chi connectivity index (χ2v) is 9.65. The number of sulfonamides is 1. The first-order valence-electron chi connectivity index (χ1n) is 10.5. The van der Waals surface area contributed by atoms with Gasteiger partial charge in [-0.15, -0.1) is 0 Å². The van der Waals surface area contributed by atoms with E-state index in [2.05, 4.69) is 15.2 Å². The Morgan fingerprint density at radius 2 is 1.77 bits per heavy atom. The number of benzene rings is 1. The van der Waals surface area contributed by atoms with Gasteiger partial charge in [0.05, 0.1) is 18.8 Å². The monoisotopic (exact) mass is 446 g/mol. The van der Waals surface area contributed by atoms with Crippen LogP contribution in [0.4, 0.5) is 5.82 Å². The molecule has 2 heterocycles. The lowest BCUT2D eigenvalue weighted by atomic mass is 10.1. The fraction of sp³-hybridized carbons (Fsp3) is 0.455. The van der Waals surface area contributed by atoms with Crippen LogP contribution in [0.2, 0.25) is 0 Å². The van der Waals surface area contributed by atoms with E-state index in [-0.39, 0.29) is 31.2 Å². The molecule has 9 heteroatoms. The molecular formula is C22H30N4O4S. The van der Waals surface area contributed by atoms with Gasteiger partial charge in [-0.05, 0) is 37.1 Å². The molecule has 31 heavy (non-hydrogen) atoms. The molecule has 0 atom stereocenters. The minimum atomic E-state index is -3.42. The lowest BCUT2D eigenvalue weighted by molar-refractivity contribution is -0.121. The second kappa shape index (κ2) is 10.6. The Morgan fingerprint density at radius 1 is 1.06 bits per heavy atom. The average Bonchev–Trinajstić information content (AvgIpc) is 2.76. The number of rotatable bonds is 9. The van der Waals surface area contributed by atoms with Crippen LogP contribution in [-0.2, 0) is 14.8 Å². The highest BCUT2D eigenvalue weighted by Gasteiger charge is 2.27. The van der Waals surface area contributed by atoms with E-state index in [1.165, 1.54) is 4.31 Å². The summed E-state index contributed by atoms with van der Waals surface area (Å²) in [6, 6.07) is 11.6. The number of pyridine rings is 1. The van der Waals surface area contributed by atoms with Crippen molar-refractivity contribution in [3.05, 3.63) is 53.7 Å². The summed E-state index contributed by atoms with van der Waals surface area (Å²) in [6.07, 6.45) is 1.91. The zero-order valence-electron chi connectivity index (χ0n) is 18.1. The zero-order valence-corrected chi connectivity index (χ0v) is 18.9. The van der Waals surface area contributed by atoms with Crippen molar-refractivity contribution in [2.75, 3.05) is 50.0 Å². The van der Waals surface area contributed by atoms with E-state index in [4.69, 9.17) is 4.74 Å². The summed E-state index contributed by atoms with van der Waals surface area (Å²) in [5.41, 5.74) is 2.05. The molecule has 1 aromatic carbocycles. The fourth-order valence-corrected chi connectivity index (χ4v) is 4.88. The number of piperazine rings is 1. The smallest absolute Gasteiger partial charge is 0.223 e. The van der Waals surface area contributed by atoms with E-state index < -0.39 is 10.0 Å². The molecule has 2 aromatic rings. The van der Waals surface area contributed by atoms with Gasteiger partial charge in [0.2, 0.25) is 15.9 Å². The van der Waals surface area contributed by atoms with Crippen LogP contribution in [0.3, 0.4) is 0 Å². The van der Waals surface area contributed by atoms with Gasteiger partial charge < -0.3 is 15.0 Å². The highest BCUT2D eigenvalue weighted by atomic mass is 32.2. The van der Waals surface area contributed by atoms with Gasteiger partial charge in [-0.2, -0.15) is 4.31 Å². The Hall–Kier alpha value is -2.65. The summed E-state index contributed by atoms with van der Waals surface area (Å²) in [7, 11) is -3.42. The Morgan fingerprint density at radius 3 is 2.42 bits per heavy atom. The van der Waals surface area contributed by atoms with Crippen molar-refractivity contribution >= 4 is 21.7 Å². The van der Waals surface area contributed by atoms with Crippen LogP contribution in [0.5, 0.6) is 5.75 Å². The fourth-order valence-electron chi connectivity index (χ4n) is 3.55. The van der Waals surface area contributed by atoms with Crippen LogP contribution in [0, 0.1) is 13.8 Å². The molecule has 1 amide bonds. The maximum absolute atomic E-state index is 12.6. The average molecular weight is 447 g/mol. The molecule has 0 saturated carbocycles. The Bertz CT molecular complexity index is 954. The van der Waals surface area contributed by atoms with Gasteiger partial charge in [-0.3, -0.25) is 4.79 Å². The maximum atomic E-state index is 12.6. The molecule has 0 bridgehead atoms. The van der Waals surface area contributed by atoms with Crippen molar-refractivity contribution in [3.63, 3.8) is 0 Å². The minimum Gasteiger partial charge on any atom is -0.493 e. The Labute approximate surface area is 184 Å². The maximum Gasteiger partial charge on any atom is 0.223 e. The summed E-state index contributed by atoms with van der Waals surface area (Å²) >= 11 is 0. The molecule has 1 aromatic heterocycles. The van der Waals surface area contributed by atoms with Gasteiger partial charge in [-0.1, -0.05) is 24.3 Å². The predicted octanol–water partition coefficient (Wildman–Crippen LogP) is 1.74. The number of anilines is 1. The van der Waals surface area contributed by atoms with Crippen molar-refractivity contribution in [1.29, 1.82) is 0 Å². The third-order valence-corrected chi connectivity index (χ3v) is 7.14. The molecule has 3 rings (SSSR count). The lowest BCUT2D eigenvalue weighted by Gasteiger charge is -2.34. The number of hydrogen-bond donors (Lipinski definition) is 1. The molecule has 0 radical (unpaired) electrons. The van der Waals surface area contributed by atoms with Gasteiger partial charge in [0, 0.05) is 38.9 Å². The molecule has 0 spiro atoms. The van der Waals surface area contributed by atoms with Crippen LogP contribution >= 0.6 is 0 Å². The SMILES string of the molecule is Cc1cccc(C)c1OCCC(=O)NCCS(=O)(=O)N1CCN(c2ccccn2)CC1. The number of hydrogen-bond acceptors (Lipinski definition) is 6. The molecule has 168 valence electrons. The van der Waals surface area contributed by atoms with Gasteiger partial charge in [-0.25, -0.2) is 13.4 Å². The number of aryl methyl sites for hydroxylation is 2. The van der Waals surface area contributed by atoms with Gasteiger partial charge in [0.1, 0.15) is 11.6 Å². The minimum absolute atomic E-state index is 0.0883.